The predicted molar refractivity (Wildman–Crippen MR) is 107 cm³/mol. The molecule has 0 bridgehead atoms. The van der Waals surface area contributed by atoms with Crippen LogP contribution in [-0.2, 0) is 4.79 Å². The second-order valence-corrected chi connectivity index (χ2v) is 6.09. The number of carboxylic acids is 1. The van der Waals surface area contributed by atoms with E-state index in [4.69, 9.17) is 5.11 Å². The lowest BCUT2D eigenvalue weighted by Crippen LogP contribution is -1.84. The normalized spacial score (nSPS) is 13.1. The summed E-state index contributed by atoms with van der Waals surface area (Å²) in [5.74, 6) is -0.534. The summed E-state index contributed by atoms with van der Waals surface area (Å²) in [6.45, 7) is 2.24. The zero-order valence-electron chi connectivity index (χ0n) is 15.6. The molecule has 0 unspecified atom stereocenters. The smallest absolute Gasteiger partial charge is 0.328 e. The molecule has 0 aromatic rings. The highest BCUT2D eigenvalue weighted by Gasteiger charge is 1.94. The molecular weight excluding hydrogens is 312 g/mol. The van der Waals surface area contributed by atoms with Crippen molar-refractivity contribution < 1.29 is 15.0 Å². The molecule has 3 heteroatoms. The van der Waals surface area contributed by atoms with Crippen LogP contribution < -0.4 is 0 Å². The standard InChI is InChI=1S/C22H34O3/c1-2-3-4-5-6-7-9-12-15-18-21(23)19-16-13-10-8-11-14-17-20-22(24)25/h8,10-11,13-14,16-17,19-20,23H,2-7,9,12,15,18H2,1H3,(H,24,25)/b10-8+,14-11+,16-13+,20-17+,21-19-. The Kier molecular flexibility index (Phi) is 16.8. The van der Waals surface area contributed by atoms with Gasteiger partial charge in [-0.05, 0) is 12.5 Å². The predicted octanol–water partition coefficient (Wildman–Crippen LogP) is 6.66. The quantitative estimate of drug-likeness (QED) is 0.151. The molecule has 0 aromatic heterocycles. The van der Waals surface area contributed by atoms with Gasteiger partial charge in [-0.25, -0.2) is 4.79 Å². The van der Waals surface area contributed by atoms with Crippen LogP contribution in [0.2, 0.25) is 0 Å². The number of aliphatic hydroxyl groups excluding tert-OH is 1. The minimum absolute atomic E-state index is 0.424. The van der Waals surface area contributed by atoms with E-state index in [9.17, 15) is 9.90 Å². The lowest BCUT2D eigenvalue weighted by Gasteiger charge is -2.02. The molecule has 140 valence electrons. The van der Waals surface area contributed by atoms with Crippen molar-refractivity contribution >= 4 is 5.97 Å². The molecule has 25 heavy (non-hydrogen) atoms. The highest BCUT2D eigenvalue weighted by molar-refractivity contribution is 5.80. The van der Waals surface area contributed by atoms with E-state index >= 15 is 0 Å². The van der Waals surface area contributed by atoms with E-state index in [0.717, 1.165) is 18.9 Å². The number of aliphatic carboxylic acids is 1. The Morgan fingerprint density at radius 2 is 1.16 bits per heavy atom. The highest BCUT2D eigenvalue weighted by Crippen LogP contribution is 2.12. The Morgan fingerprint density at radius 1 is 0.680 bits per heavy atom. The Morgan fingerprint density at radius 3 is 1.72 bits per heavy atom. The molecule has 0 rings (SSSR count). The molecule has 0 aliphatic heterocycles. The number of hydrogen-bond donors (Lipinski definition) is 2. The SMILES string of the molecule is CCCCCCCCCCC/C(O)=C/C=C/C=C/C=C/C=C/C(=O)O. The third-order valence-electron chi connectivity index (χ3n) is 3.73. The van der Waals surface area contributed by atoms with E-state index < -0.39 is 5.97 Å². The Hall–Kier alpha value is -2.03. The maximum Gasteiger partial charge on any atom is 0.328 e. The number of carbonyl (C=O) groups is 1. The summed E-state index contributed by atoms with van der Waals surface area (Å²) < 4.78 is 0. The van der Waals surface area contributed by atoms with Gasteiger partial charge in [0.05, 0.1) is 5.76 Å². The molecule has 0 aliphatic carbocycles. The number of hydrogen-bond acceptors (Lipinski definition) is 2. The Labute approximate surface area is 153 Å². The van der Waals surface area contributed by atoms with Crippen molar-refractivity contribution in [2.24, 2.45) is 0 Å². The van der Waals surface area contributed by atoms with Gasteiger partial charge in [0.25, 0.3) is 0 Å². The van der Waals surface area contributed by atoms with Crippen molar-refractivity contribution in [1.29, 1.82) is 0 Å². The molecule has 0 spiro atoms. The van der Waals surface area contributed by atoms with Crippen molar-refractivity contribution in [3.05, 3.63) is 60.4 Å². The first-order valence-electron chi connectivity index (χ1n) is 9.46. The van der Waals surface area contributed by atoms with E-state index in [1.165, 1.54) is 57.4 Å². The first kappa shape index (κ1) is 23.0. The van der Waals surface area contributed by atoms with Crippen LogP contribution in [0.4, 0.5) is 0 Å². The summed E-state index contributed by atoms with van der Waals surface area (Å²) in [6, 6.07) is 0. The summed E-state index contributed by atoms with van der Waals surface area (Å²) in [6.07, 6.45) is 27.2. The molecule has 0 fully saturated rings. The molecular formula is C22H34O3. The average molecular weight is 347 g/mol. The fraction of sp³-hybridized carbons (Fsp3) is 0.500. The van der Waals surface area contributed by atoms with Gasteiger partial charge in [-0.2, -0.15) is 0 Å². The highest BCUT2D eigenvalue weighted by atomic mass is 16.4. The lowest BCUT2D eigenvalue weighted by atomic mass is 10.1. The monoisotopic (exact) mass is 346 g/mol. The van der Waals surface area contributed by atoms with Crippen LogP contribution in [0, 0.1) is 0 Å². The first-order chi connectivity index (χ1) is 12.2. The van der Waals surface area contributed by atoms with Crippen molar-refractivity contribution in [1.82, 2.24) is 0 Å². The van der Waals surface area contributed by atoms with Gasteiger partial charge >= 0.3 is 5.97 Å². The van der Waals surface area contributed by atoms with Crippen LogP contribution in [0.25, 0.3) is 0 Å². The number of allylic oxidation sites excluding steroid dienone is 9. The van der Waals surface area contributed by atoms with E-state index in [0.29, 0.717) is 5.76 Å². The molecule has 0 atom stereocenters. The summed E-state index contributed by atoms with van der Waals surface area (Å²) in [5.41, 5.74) is 0. The minimum Gasteiger partial charge on any atom is -0.512 e. The van der Waals surface area contributed by atoms with E-state index in [2.05, 4.69) is 6.92 Å². The van der Waals surface area contributed by atoms with Crippen LogP contribution in [0.1, 0.15) is 71.1 Å². The first-order valence-corrected chi connectivity index (χ1v) is 9.46. The third-order valence-corrected chi connectivity index (χ3v) is 3.73. The zero-order chi connectivity index (χ0) is 18.6. The maximum absolute atomic E-state index is 10.2. The molecule has 0 heterocycles. The number of rotatable bonds is 15. The number of unbranched alkanes of at least 4 members (excludes halogenated alkanes) is 8. The average Bonchev–Trinajstić information content (AvgIpc) is 2.58. The molecule has 0 amide bonds. The maximum atomic E-state index is 10.2. The van der Waals surface area contributed by atoms with Crippen LogP contribution in [0.3, 0.4) is 0 Å². The zero-order valence-corrected chi connectivity index (χ0v) is 15.6. The van der Waals surface area contributed by atoms with Gasteiger partial charge in [-0.15, -0.1) is 0 Å². The summed E-state index contributed by atoms with van der Waals surface area (Å²) >= 11 is 0. The fourth-order valence-electron chi connectivity index (χ4n) is 2.33. The Balaban J connectivity index is 3.65. The molecule has 0 aromatic carbocycles. The van der Waals surface area contributed by atoms with Crippen molar-refractivity contribution in [2.45, 2.75) is 71.1 Å². The summed E-state index contributed by atoms with van der Waals surface area (Å²) in [5, 5.41) is 18.2. The van der Waals surface area contributed by atoms with Gasteiger partial charge in [-0.3, -0.25) is 0 Å². The van der Waals surface area contributed by atoms with Crippen molar-refractivity contribution in [2.75, 3.05) is 0 Å². The van der Waals surface area contributed by atoms with Gasteiger partial charge in [0.15, 0.2) is 0 Å². The summed E-state index contributed by atoms with van der Waals surface area (Å²) in [7, 11) is 0. The molecule has 2 N–H and O–H groups in total. The van der Waals surface area contributed by atoms with Crippen LogP contribution >= 0.6 is 0 Å². The molecule has 3 nitrogen and oxygen atoms in total. The largest absolute Gasteiger partial charge is 0.512 e. The van der Waals surface area contributed by atoms with E-state index in [-0.39, 0.29) is 0 Å². The van der Waals surface area contributed by atoms with Crippen molar-refractivity contribution in [3.8, 4) is 0 Å². The fourth-order valence-corrected chi connectivity index (χ4v) is 2.33. The summed E-state index contributed by atoms with van der Waals surface area (Å²) in [4.78, 5) is 10.2. The van der Waals surface area contributed by atoms with Gasteiger partial charge in [0.2, 0.25) is 0 Å². The molecule has 0 aliphatic rings. The van der Waals surface area contributed by atoms with Crippen LogP contribution in [0.5, 0.6) is 0 Å². The molecule has 0 saturated carbocycles. The van der Waals surface area contributed by atoms with Crippen LogP contribution in [0.15, 0.2) is 60.4 Å². The van der Waals surface area contributed by atoms with Gasteiger partial charge in [0.1, 0.15) is 0 Å². The number of aliphatic hydroxyl groups is 1. The molecule has 0 saturated heterocycles. The van der Waals surface area contributed by atoms with E-state index in [1.54, 1.807) is 30.4 Å². The third kappa shape index (κ3) is 19.9. The molecule has 0 radical (unpaired) electrons. The van der Waals surface area contributed by atoms with Gasteiger partial charge in [0, 0.05) is 12.5 Å². The topological polar surface area (TPSA) is 57.5 Å². The minimum atomic E-state index is -0.957. The van der Waals surface area contributed by atoms with E-state index in [1.807, 2.05) is 12.2 Å². The van der Waals surface area contributed by atoms with Crippen molar-refractivity contribution in [3.63, 3.8) is 0 Å². The van der Waals surface area contributed by atoms with Crippen LogP contribution in [-0.4, -0.2) is 16.2 Å². The lowest BCUT2D eigenvalue weighted by molar-refractivity contribution is -0.131. The van der Waals surface area contributed by atoms with Gasteiger partial charge < -0.3 is 10.2 Å². The number of carboxylic acid groups (broad SMARTS) is 1. The second-order valence-electron chi connectivity index (χ2n) is 6.09. The second kappa shape index (κ2) is 18.3. The Bertz CT molecular complexity index is 468. The van der Waals surface area contributed by atoms with Gasteiger partial charge in [-0.1, -0.05) is 101 Å².